The molecule has 0 bridgehead atoms. The number of aliphatic hydroxyl groups is 2. The number of allylic oxidation sites excluding steroid dienone is 1. The number of ether oxygens (including phenoxy) is 1. The van der Waals surface area contributed by atoms with Gasteiger partial charge in [-0.2, -0.15) is 0 Å². The molecule has 0 spiro atoms. The van der Waals surface area contributed by atoms with Crippen molar-refractivity contribution in [2.24, 2.45) is 0 Å². The van der Waals surface area contributed by atoms with Crippen LogP contribution in [-0.4, -0.2) is 49.7 Å². The number of nitrogens with zero attached hydrogens (tertiary/aromatic N) is 3. The van der Waals surface area contributed by atoms with Crippen LogP contribution in [0.3, 0.4) is 0 Å². The zero-order chi connectivity index (χ0) is 19.9. The molecule has 5 N–H and O–H groups in total. The number of H-pyrrole nitrogens is 1. The van der Waals surface area contributed by atoms with Crippen molar-refractivity contribution in [2.45, 2.75) is 31.1 Å². The van der Waals surface area contributed by atoms with E-state index in [1.165, 1.54) is 21.5 Å². The third kappa shape index (κ3) is 6.45. The van der Waals surface area contributed by atoms with Crippen molar-refractivity contribution in [3.05, 3.63) is 29.3 Å². The van der Waals surface area contributed by atoms with Gasteiger partial charge in [0.2, 0.25) is 11.7 Å². The first kappa shape index (κ1) is 30.4. The monoisotopic (exact) mass is 527 g/mol. The van der Waals surface area contributed by atoms with Crippen LogP contribution in [0.15, 0.2) is 23.8 Å². The van der Waals surface area contributed by atoms with Gasteiger partial charge in [-0.15, -0.1) is 0 Å². The minimum Gasteiger partial charge on any atom is -1.00 e. The maximum atomic E-state index is 12.2. The van der Waals surface area contributed by atoms with Crippen molar-refractivity contribution in [3.8, 4) is 0 Å². The van der Waals surface area contributed by atoms with Crippen LogP contribution in [0.25, 0.3) is 11.2 Å². The zero-order valence-electron chi connectivity index (χ0n) is 16.2. The minimum atomic E-state index is -5.28. The summed E-state index contributed by atoms with van der Waals surface area (Å²) < 4.78 is 22.9. The van der Waals surface area contributed by atoms with E-state index in [2.05, 4.69) is 21.1 Å². The number of aromatic nitrogens is 4. The Bertz CT molecular complexity index is 984. The predicted molar refractivity (Wildman–Crippen MR) is 84.6 cm³/mol. The molecule has 17 heteroatoms. The first-order valence-corrected chi connectivity index (χ1v) is 9.17. The number of nitrogens with two attached hydrogens (primary N) is 1. The van der Waals surface area contributed by atoms with E-state index in [1.807, 2.05) is 0 Å². The number of aromatic amines is 1. The minimum absolute atomic E-state index is 0. The second-order valence-electron chi connectivity index (χ2n) is 5.88. The van der Waals surface area contributed by atoms with Crippen LogP contribution in [-0.2, 0) is 20.4 Å². The molecule has 1 aliphatic heterocycles. The third-order valence-corrected chi connectivity index (χ3v) is 4.49. The number of phosphoric ester groups is 1. The normalized spacial score (nSPS) is 23.3. The number of fused-ring (bicyclic) bond motifs is 1. The molecular weight excluding hydrogens is 511 g/mol. The summed E-state index contributed by atoms with van der Waals surface area (Å²) in [7, 11) is -5.28. The number of anilines is 1. The molecule has 2 aromatic rings. The fraction of sp³-hybridized carbons (Fsp3) is 0.462. The Hall–Kier alpha value is 0.360. The SMILES string of the molecule is C=CCn1c[n+]([C@@H]2O[C@H](COP(=O)([O-])[O-])[C@@H](O)[C@H]2O)c2nc(N)[nH]c(=O)c21.[Br-].[Na+].[Na+]. The molecule has 1 saturated heterocycles. The van der Waals surface area contributed by atoms with Crippen LogP contribution >= 0.6 is 7.82 Å². The molecule has 0 amide bonds. The Balaban J connectivity index is 0.00000280. The van der Waals surface area contributed by atoms with E-state index in [9.17, 15) is 29.4 Å². The number of nitrogens with one attached hydrogen (secondary N) is 1. The van der Waals surface area contributed by atoms with Crippen molar-refractivity contribution in [1.29, 1.82) is 0 Å². The predicted octanol–water partition coefficient (Wildman–Crippen LogP) is -12.7. The van der Waals surface area contributed by atoms with Gasteiger partial charge in [-0.25, -0.2) is 4.57 Å². The molecule has 30 heavy (non-hydrogen) atoms. The number of hydrogen-bond acceptors (Lipinski definition) is 10. The van der Waals surface area contributed by atoms with Crippen LogP contribution in [0.4, 0.5) is 5.95 Å². The first-order chi connectivity index (χ1) is 12.6. The molecule has 4 atom stereocenters. The maximum Gasteiger partial charge on any atom is 1.00 e. The van der Waals surface area contributed by atoms with Crippen LogP contribution in [0.2, 0.25) is 0 Å². The van der Waals surface area contributed by atoms with E-state index in [1.54, 1.807) is 0 Å². The average molecular weight is 528 g/mol. The summed E-state index contributed by atoms with van der Waals surface area (Å²) in [6.45, 7) is 3.04. The van der Waals surface area contributed by atoms with E-state index in [4.69, 9.17) is 10.5 Å². The van der Waals surface area contributed by atoms with E-state index < -0.39 is 44.5 Å². The van der Waals surface area contributed by atoms with Gasteiger partial charge in [-0.1, -0.05) is 17.6 Å². The van der Waals surface area contributed by atoms with Crippen molar-refractivity contribution >= 4 is 24.9 Å². The second kappa shape index (κ2) is 12.0. The van der Waals surface area contributed by atoms with Crippen molar-refractivity contribution < 1.29 is 114 Å². The van der Waals surface area contributed by atoms with Gasteiger partial charge >= 0.3 is 64.8 Å². The molecular formula is C13H17BrN5Na2O8P. The van der Waals surface area contributed by atoms with E-state index in [0.717, 1.165) is 0 Å². The summed E-state index contributed by atoms with van der Waals surface area (Å²) in [6, 6.07) is 0. The molecule has 3 heterocycles. The maximum absolute atomic E-state index is 12.2. The number of imidazole rings is 1. The standard InChI is InChI=1S/C13H18N5O8P.BrH.2Na/c1-2-3-17-5-18(10-7(17)11(21)16-13(14)15-10)12-9(20)8(19)6(26-12)4-25-27(22,23)24;;;/h2,5-6,8-9,12,19-20H,1,3-4H2,(H4-,14,15,16,21,22,23,24);1H;;/q;;2*+1/p-2/t6-,8-,9-,12-;;;/m1.../s1. The Morgan fingerprint density at radius 3 is 2.63 bits per heavy atom. The van der Waals surface area contributed by atoms with Crippen molar-refractivity contribution in [3.63, 3.8) is 0 Å². The smallest absolute Gasteiger partial charge is 1.00 e. The number of rotatable bonds is 6. The Kier molecular flexibility index (Phi) is 12.1. The van der Waals surface area contributed by atoms with Gasteiger partial charge < -0.3 is 56.5 Å². The molecule has 1 fully saturated rings. The molecule has 2 aromatic heterocycles. The van der Waals surface area contributed by atoms with Crippen LogP contribution in [0, 0.1) is 0 Å². The van der Waals surface area contributed by atoms with E-state index in [0.29, 0.717) is 0 Å². The molecule has 0 aliphatic carbocycles. The van der Waals surface area contributed by atoms with Crippen molar-refractivity contribution in [1.82, 2.24) is 14.5 Å². The van der Waals surface area contributed by atoms with Crippen LogP contribution in [0.5, 0.6) is 0 Å². The first-order valence-electron chi connectivity index (χ1n) is 7.71. The summed E-state index contributed by atoms with van der Waals surface area (Å²) in [5.41, 5.74) is 5.23. The second-order valence-corrected chi connectivity index (χ2v) is 7.03. The number of hydrogen-bond donors (Lipinski definition) is 4. The van der Waals surface area contributed by atoms with Crippen LogP contribution < -0.4 is 102 Å². The molecule has 156 valence electrons. The number of nitrogen functional groups attached to an aromatic ring is 1. The molecule has 0 saturated carbocycles. The fourth-order valence-corrected chi connectivity index (χ4v) is 3.23. The van der Waals surface area contributed by atoms with Gasteiger partial charge in [-0.05, 0) is 0 Å². The Morgan fingerprint density at radius 2 is 2.07 bits per heavy atom. The number of halogens is 1. The van der Waals surface area contributed by atoms with Gasteiger partial charge in [0, 0.05) is 0 Å². The van der Waals surface area contributed by atoms with Gasteiger partial charge in [0.05, 0.1) is 21.0 Å². The van der Waals surface area contributed by atoms with Gasteiger partial charge in [0.25, 0.3) is 11.5 Å². The molecule has 0 unspecified atom stereocenters. The summed E-state index contributed by atoms with van der Waals surface area (Å²) in [6.07, 6.45) is -2.68. The molecule has 0 aromatic carbocycles. The quantitative estimate of drug-likeness (QED) is 0.121. The largest absolute Gasteiger partial charge is 1.00 e. The molecule has 0 radical (unpaired) electrons. The average Bonchev–Trinajstić information content (AvgIpc) is 3.04. The Morgan fingerprint density at radius 1 is 1.43 bits per heavy atom. The van der Waals surface area contributed by atoms with E-state index >= 15 is 0 Å². The van der Waals surface area contributed by atoms with Crippen LogP contribution in [0.1, 0.15) is 6.23 Å². The number of aliphatic hydroxyl groups excluding tert-OH is 2. The van der Waals surface area contributed by atoms with E-state index in [-0.39, 0.29) is 99.8 Å². The Labute approximate surface area is 224 Å². The third-order valence-electron chi connectivity index (χ3n) is 4.02. The number of phosphoric acid groups is 1. The fourth-order valence-electron chi connectivity index (χ4n) is 2.90. The van der Waals surface area contributed by atoms with Gasteiger partial charge in [0.15, 0.2) is 6.33 Å². The van der Waals surface area contributed by atoms with Gasteiger partial charge in [0.1, 0.15) is 18.3 Å². The molecule has 13 nitrogen and oxygen atoms in total. The summed E-state index contributed by atoms with van der Waals surface area (Å²) in [5.74, 6) is -0.177. The summed E-state index contributed by atoms with van der Waals surface area (Å²) in [5, 5.41) is 20.4. The molecule has 3 rings (SSSR count). The zero-order valence-corrected chi connectivity index (χ0v) is 22.7. The molecule has 1 aliphatic rings. The van der Waals surface area contributed by atoms with Crippen molar-refractivity contribution in [2.75, 3.05) is 12.3 Å². The summed E-state index contributed by atoms with van der Waals surface area (Å²) in [4.78, 5) is 39.9. The topological polar surface area (TPSA) is 203 Å². The van der Waals surface area contributed by atoms with Gasteiger partial charge in [-0.3, -0.25) is 14.3 Å². The summed E-state index contributed by atoms with van der Waals surface area (Å²) >= 11 is 0.